The van der Waals surface area contributed by atoms with E-state index >= 15 is 0 Å². The van der Waals surface area contributed by atoms with E-state index < -0.39 is 5.97 Å². The highest BCUT2D eigenvalue weighted by molar-refractivity contribution is 6.03. The molecule has 1 aromatic rings. The molecule has 2 N–H and O–H groups in total. The van der Waals surface area contributed by atoms with Crippen molar-refractivity contribution in [3.8, 4) is 0 Å². The molecule has 0 heterocycles. The molecule has 0 aromatic heterocycles. The Labute approximate surface area is 142 Å². The smallest absolute Gasteiger partial charge is 0.338 e. The summed E-state index contributed by atoms with van der Waals surface area (Å²) in [5, 5.41) is 5.57. The molecule has 1 aromatic carbocycles. The first-order valence-corrected chi connectivity index (χ1v) is 8.45. The van der Waals surface area contributed by atoms with E-state index in [0.29, 0.717) is 17.9 Å². The van der Waals surface area contributed by atoms with Gasteiger partial charge >= 0.3 is 5.97 Å². The van der Waals surface area contributed by atoms with Crippen LogP contribution in [0.5, 0.6) is 0 Å². The summed E-state index contributed by atoms with van der Waals surface area (Å²) in [6.45, 7) is 2.05. The first kappa shape index (κ1) is 18.0. The zero-order valence-corrected chi connectivity index (χ0v) is 14.0. The lowest BCUT2D eigenvalue weighted by atomic mass is 9.95. The molecule has 2 amide bonds. The number of nitrogens with one attached hydrogen (secondary N) is 2. The lowest BCUT2D eigenvalue weighted by Crippen LogP contribution is -2.37. The zero-order chi connectivity index (χ0) is 17.4. The highest BCUT2D eigenvalue weighted by Crippen LogP contribution is 2.17. The molecule has 0 bridgehead atoms. The number of ether oxygens (including phenoxy) is 1. The van der Waals surface area contributed by atoms with E-state index in [4.69, 9.17) is 4.74 Å². The van der Waals surface area contributed by atoms with Gasteiger partial charge in [0.05, 0.1) is 12.2 Å². The van der Waals surface area contributed by atoms with Gasteiger partial charge < -0.3 is 15.4 Å². The average Bonchev–Trinajstić information content (AvgIpc) is 2.56. The van der Waals surface area contributed by atoms with E-state index in [1.54, 1.807) is 31.2 Å². The van der Waals surface area contributed by atoms with Crippen molar-refractivity contribution < 1.29 is 19.1 Å². The van der Waals surface area contributed by atoms with Crippen LogP contribution in [0, 0.1) is 0 Å². The maximum atomic E-state index is 11.9. The second-order valence-corrected chi connectivity index (χ2v) is 5.93. The van der Waals surface area contributed by atoms with Crippen LogP contribution in [-0.4, -0.2) is 30.4 Å². The predicted molar refractivity (Wildman–Crippen MR) is 90.7 cm³/mol. The van der Waals surface area contributed by atoms with Gasteiger partial charge in [0.25, 0.3) is 0 Å². The summed E-state index contributed by atoms with van der Waals surface area (Å²) in [5.41, 5.74) is 0.961. The maximum Gasteiger partial charge on any atom is 0.338 e. The van der Waals surface area contributed by atoms with Crippen molar-refractivity contribution in [2.45, 2.75) is 51.5 Å². The standard InChI is InChI=1S/C18H24N2O4/c1-2-24-18(23)13-8-10-15(11-9-13)20-17(22)12-16(21)19-14-6-4-3-5-7-14/h8-11,14H,2-7,12H2,1H3,(H,19,21)(H,20,22). The molecule has 1 fully saturated rings. The molecule has 0 unspecified atom stereocenters. The summed E-state index contributed by atoms with van der Waals surface area (Å²) >= 11 is 0. The first-order chi connectivity index (χ1) is 11.6. The van der Waals surface area contributed by atoms with Crippen LogP contribution in [0.2, 0.25) is 0 Å². The molecule has 2 rings (SSSR count). The number of carbonyl (C=O) groups excluding carboxylic acids is 3. The molecular formula is C18H24N2O4. The van der Waals surface area contributed by atoms with Gasteiger partial charge in [-0.15, -0.1) is 0 Å². The molecule has 6 nitrogen and oxygen atoms in total. The van der Waals surface area contributed by atoms with Crippen LogP contribution in [0.15, 0.2) is 24.3 Å². The number of amides is 2. The second-order valence-electron chi connectivity index (χ2n) is 5.93. The monoisotopic (exact) mass is 332 g/mol. The Morgan fingerprint density at radius 3 is 2.33 bits per heavy atom. The van der Waals surface area contributed by atoms with Crippen molar-refractivity contribution in [1.29, 1.82) is 0 Å². The van der Waals surface area contributed by atoms with Gasteiger partial charge in [0, 0.05) is 11.7 Å². The van der Waals surface area contributed by atoms with Crippen molar-refractivity contribution in [3.05, 3.63) is 29.8 Å². The zero-order valence-electron chi connectivity index (χ0n) is 14.0. The SMILES string of the molecule is CCOC(=O)c1ccc(NC(=O)CC(=O)NC2CCCCC2)cc1. The molecule has 0 radical (unpaired) electrons. The Hall–Kier alpha value is -2.37. The molecule has 1 aliphatic carbocycles. The largest absolute Gasteiger partial charge is 0.462 e. The lowest BCUT2D eigenvalue weighted by Gasteiger charge is -2.22. The number of hydrogen-bond donors (Lipinski definition) is 2. The molecule has 130 valence electrons. The van der Waals surface area contributed by atoms with Crippen molar-refractivity contribution in [1.82, 2.24) is 5.32 Å². The van der Waals surface area contributed by atoms with Crippen LogP contribution < -0.4 is 10.6 Å². The van der Waals surface area contributed by atoms with Gasteiger partial charge in [-0.3, -0.25) is 9.59 Å². The fraction of sp³-hybridized carbons (Fsp3) is 0.500. The highest BCUT2D eigenvalue weighted by atomic mass is 16.5. The minimum Gasteiger partial charge on any atom is -0.462 e. The number of rotatable bonds is 6. The van der Waals surface area contributed by atoms with Crippen molar-refractivity contribution in [3.63, 3.8) is 0 Å². The molecule has 0 spiro atoms. The predicted octanol–water partition coefficient (Wildman–Crippen LogP) is 2.64. The molecule has 6 heteroatoms. The van der Waals surface area contributed by atoms with Gasteiger partial charge in [0.15, 0.2) is 0 Å². The van der Waals surface area contributed by atoms with Gasteiger partial charge in [-0.05, 0) is 44.0 Å². The molecule has 1 saturated carbocycles. The summed E-state index contributed by atoms with van der Waals surface area (Å²) in [7, 11) is 0. The van der Waals surface area contributed by atoms with Gasteiger partial charge in [0.2, 0.25) is 11.8 Å². The minimum absolute atomic E-state index is 0.197. The third-order valence-electron chi connectivity index (χ3n) is 3.97. The number of carbonyl (C=O) groups is 3. The molecule has 0 saturated heterocycles. The fourth-order valence-electron chi connectivity index (χ4n) is 2.78. The quantitative estimate of drug-likeness (QED) is 0.619. The normalized spacial score (nSPS) is 14.7. The second kappa shape index (κ2) is 9.05. The Bertz CT molecular complexity index is 577. The Kier molecular flexibility index (Phi) is 6.78. The van der Waals surface area contributed by atoms with Gasteiger partial charge in [-0.25, -0.2) is 4.79 Å². The van der Waals surface area contributed by atoms with E-state index in [-0.39, 0.29) is 24.3 Å². The van der Waals surface area contributed by atoms with E-state index in [1.807, 2.05) is 0 Å². The summed E-state index contributed by atoms with van der Waals surface area (Å²) in [5.74, 6) is -1.02. The first-order valence-electron chi connectivity index (χ1n) is 8.45. The highest BCUT2D eigenvalue weighted by Gasteiger charge is 2.17. The van der Waals surface area contributed by atoms with Crippen LogP contribution in [0.3, 0.4) is 0 Å². The summed E-state index contributed by atoms with van der Waals surface area (Å²) in [6.07, 6.45) is 5.25. The van der Waals surface area contributed by atoms with Gasteiger partial charge in [-0.2, -0.15) is 0 Å². The number of hydrogen-bond acceptors (Lipinski definition) is 4. The van der Waals surface area contributed by atoms with E-state index in [0.717, 1.165) is 25.7 Å². The van der Waals surface area contributed by atoms with Crippen molar-refractivity contribution >= 4 is 23.5 Å². The van der Waals surface area contributed by atoms with Gasteiger partial charge in [-0.1, -0.05) is 19.3 Å². The van der Waals surface area contributed by atoms with Crippen LogP contribution in [0.1, 0.15) is 55.8 Å². The van der Waals surface area contributed by atoms with Gasteiger partial charge in [0.1, 0.15) is 6.42 Å². The van der Waals surface area contributed by atoms with Crippen molar-refractivity contribution in [2.24, 2.45) is 0 Å². The number of benzene rings is 1. The average molecular weight is 332 g/mol. The summed E-state index contributed by atoms with van der Waals surface area (Å²) in [6, 6.07) is 6.58. The topological polar surface area (TPSA) is 84.5 Å². The Morgan fingerprint density at radius 2 is 1.71 bits per heavy atom. The summed E-state index contributed by atoms with van der Waals surface area (Å²) < 4.78 is 4.89. The number of anilines is 1. The van der Waals surface area contributed by atoms with E-state index in [1.165, 1.54) is 6.42 Å². The Balaban J connectivity index is 1.78. The minimum atomic E-state index is -0.401. The Morgan fingerprint density at radius 1 is 1.04 bits per heavy atom. The van der Waals surface area contributed by atoms with E-state index in [9.17, 15) is 14.4 Å². The van der Waals surface area contributed by atoms with Crippen LogP contribution in [0.4, 0.5) is 5.69 Å². The fourth-order valence-corrected chi connectivity index (χ4v) is 2.78. The molecular weight excluding hydrogens is 308 g/mol. The molecule has 0 atom stereocenters. The molecule has 1 aliphatic rings. The third kappa shape index (κ3) is 5.68. The molecule has 24 heavy (non-hydrogen) atoms. The van der Waals surface area contributed by atoms with Crippen LogP contribution >= 0.6 is 0 Å². The third-order valence-corrected chi connectivity index (χ3v) is 3.97. The summed E-state index contributed by atoms with van der Waals surface area (Å²) in [4.78, 5) is 35.4. The van der Waals surface area contributed by atoms with Crippen LogP contribution in [-0.2, 0) is 14.3 Å². The van der Waals surface area contributed by atoms with Crippen molar-refractivity contribution in [2.75, 3.05) is 11.9 Å². The maximum absolute atomic E-state index is 11.9. The van der Waals surface area contributed by atoms with E-state index in [2.05, 4.69) is 10.6 Å². The number of esters is 1. The van der Waals surface area contributed by atoms with Crippen LogP contribution in [0.25, 0.3) is 0 Å². The molecule has 0 aliphatic heterocycles. The lowest BCUT2D eigenvalue weighted by molar-refractivity contribution is -0.127.